The first-order valence-corrected chi connectivity index (χ1v) is 13.4. The van der Waals surface area contributed by atoms with Crippen LogP contribution in [-0.2, 0) is 6.42 Å². The van der Waals surface area contributed by atoms with Crippen LogP contribution in [0.5, 0.6) is 0 Å². The molecule has 2 heteroatoms. The zero-order valence-corrected chi connectivity index (χ0v) is 21.6. The summed E-state index contributed by atoms with van der Waals surface area (Å²) in [5.41, 5.74) is 14.7. The summed E-state index contributed by atoms with van der Waals surface area (Å²) in [6.07, 6.45) is 0.940. The van der Waals surface area contributed by atoms with Crippen LogP contribution in [0.2, 0.25) is 0 Å². The highest BCUT2D eigenvalue weighted by Crippen LogP contribution is 2.40. The van der Waals surface area contributed by atoms with Crippen LogP contribution in [0.4, 0.5) is 22.7 Å². The van der Waals surface area contributed by atoms with Crippen molar-refractivity contribution in [2.24, 2.45) is 0 Å². The van der Waals surface area contributed by atoms with Crippen molar-refractivity contribution in [3.8, 4) is 33.4 Å². The summed E-state index contributed by atoms with van der Waals surface area (Å²) in [5, 5.41) is 7.17. The zero-order valence-electron chi connectivity index (χ0n) is 21.6. The molecule has 6 aromatic carbocycles. The summed E-state index contributed by atoms with van der Waals surface area (Å²) in [6, 6.07) is 51.7. The van der Waals surface area contributed by atoms with Crippen LogP contribution in [0, 0.1) is 0 Å². The van der Waals surface area contributed by atoms with Gasteiger partial charge in [-0.2, -0.15) is 0 Å². The monoisotopic (exact) mass is 500 g/mol. The molecular weight excluding hydrogens is 472 g/mol. The molecule has 2 nitrogen and oxygen atoms in total. The molecule has 0 saturated heterocycles. The predicted molar refractivity (Wildman–Crippen MR) is 165 cm³/mol. The largest absolute Gasteiger partial charge is 0.356 e. The molecular formula is C37H28N2. The second kappa shape index (κ2) is 10.00. The van der Waals surface area contributed by atoms with Crippen molar-refractivity contribution in [2.75, 3.05) is 10.6 Å². The molecule has 1 aliphatic carbocycles. The topological polar surface area (TPSA) is 24.1 Å². The molecule has 0 amide bonds. The van der Waals surface area contributed by atoms with E-state index in [0.29, 0.717) is 0 Å². The van der Waals surface area contributed by atoms with Crippen molar-refractivity contribution < 1.29 is 0 Å². The summed E-state index contributed by atoms with van der Waals surface area (Å²) < 4.78 is 0. The Hall–Kier alpha value is -5.08. The second-order valence-corrected chi connectivity index (χ2v) is 10.1. The summed E-state index contributed by atoms with van der Waals surface area (Å²) in [7, 11) is 0. The highest BCUT2D eigenvalue weighted by Gasteiger charge is 2.19. The summed E-state index contributed by atoms with van der Waals surface area (Å²) in [5.74, 6) is 0. The first-order valence-electron chi connectivity index (χ1n) is 13.4. The maximum Gasteiger partial charge on any atom is 0.0387 e. The van der Waals surface area contributed by atoms with E-state index in [0.717, 1.165) is 29.2 Å². The van der Waals surface area contributed by atoms with Crippen LogP contribution in [0.3, 0.4) is 0 Å². The van der Waals surface area contributed by atoms with Gasteiger partial charge in [0.05, 0.1) is 0 Å². The van der Waals surface area contributed by atoms with Crippen LogP contribution >= 0.6 is 0 Å². The summed E-state index contributed by atoms with van der Waals surface area (Å²) in [4.78, 5) is 0. The third kappa shape index (κ3) is 4.81. The molecule has 2 N–H and O–H groups in total. The predicted octanol–water partition coefficient (Wildman–Crippen LogP) is 10.1. The first kappa shape index (κ1) is 23.1. The number of anilines is 4. The van der Waals surface area contributed by atoms with E-state index in [4.69, 9.17) is 0 Å². The van der Waals surface area contributed by atoms with Crippen molar-refractivity contribution >= 4 is 22.7 Å². The number of nitrogens with one attached hydrogen (secondary N) is 2. The fraction of sp³-hybridized carbons (Fsp3) is 0.0270. The van der Waals surface area contributed by atoms with E-state index in [9.17, 15) is 0 Å². The molecule has 0 heterocycles. The standard InChI is InChI=1S/C37H28N2/c1-3-7-26(8-4-1)28-11-15-32(16-12-28)38-34-19-21-36-30(24-34)23-31-25-35(20-22-37(31)36)39-33-17-13-29(14-18-33)27-9-5-2-6-10-27/h1-22,24-25,38-39H,23H2. The Morgan fingerprint density at radius 1 is 0.333 bits per heavy atom. The van der Waals surface area contributed by atoms with Gasteiger partial charge >= 0.3 is 0 Å². The minimum absolute atomic E-state index is 0.940. The van der Waals surface area contributed by atoms with Crippen LogP contribution in [0.1, 0.15) is 11.1 Å². The number of hydrogen-bond donors (Lipinski definition) is 2. The number of hydrogen-bond acceptors (Lipinski definition) is 2. The molecule has 6 aromatic rings. The van der Waals surface area contributed by atoms with Crippen molar-refractivity contribution in [1.82, 2.24) is 0 Å². The number of fused-ring (bicyclic) bond motifs is 3. The zero-order chi connectivity index (χ0) is 26.0. The Bertz CT molecular complexity index is 1600. The van der Waals surface area contributed by atoms with Gasteiger partial charge in [-0.15, -0.1) is 0 Å². The fourth-order valence-corrected chi connectivity index (χ4v) is 5.45. The van der Waals surface area contributed by atoms with Crippen molar-refractivity contribution in [3.05, 3.63) is 157 Å². The molecule has 7 rings (SSSR count). The van der Waals surface area contributed by atoms with Gasteiger partial charge in [0, 0.05) is 22.7 Å². The minimum atomic E-state index is 0.940. The van der Waals surface area contributed by atoms with E-state index in [1.807, 2.05) is 12.1 Å². The third-order valence-electron chi connectivity index (χ3n) is 7.44. The van der Waals surface area contributed by atoms with Crippen LogP contribution in [0.15, 0.2) is 146 Å². The normalized spacial score (nSPS) is 11.5. The number of rotatable bonds is 6. The minimum Gasteiger partial charge on any atom is -0.356 e. The Labute approximate surface area is 229 Å². The van der Waals surface area contributed by atoms with Gasteiger partial charge in [0.2, 0.25) is 0 Å². The van der Waals surface area contributed by atoms with Gasteiger partial charge in [0.15, 0.2) is 0 Å². The molecule has 0 aliphatic heterocycles. The second-order valence-electron chi connectivity index (χ2n) is 10.1. The van der Waals surface area contributed by atoms with Gasteiger partial charge in [-0.3, -0.25) is 0 Å². The molecule has 186 valence electrons. The maximum absolute atomic E-state index is 3.59. The van der Waals surface area contributed by atoms with Gasteiger partial charge in [-0.25, -0.2) is 0 Å². The molecule has 0 fully saturated rings. The van der Waals surface area contributed by atoms with Crippen molar-refractivity contribution in [1.29, 1.82) is 0 Å². The lowest BCUT2D eigenvalue weighted by Gasteiger charge is -2.10. The molecule has 0 unspecified atom stereocenters. The quantitative estimate of drug-likeness (QED) is 0.237. The lowest BCUT2D eigenvalue weighted by atomic mass is 10.0. The Morgan fingerprint density at radius 2 is 0.692 bits per heavy atom. The summed E-state index contributed by atoms with van der Waals surface area (Å²) >= 11 is 0. The lowest BCUT2D eigenvalue weighted by molar-refractivity contribution is 1.26. The fourth-order valence-electron chi connectivity index (χ4n) is 5.45. The average molecular weight is 501 g/mol. The third-order valence-corrected chi connectivity index (χ3v) is 7.44. The number of benzene rings is 6. The van der Waals surface area contributed by atoms with E-state index in [1.165, 1.54) is 44.5 Å². The van der Waals surface area contributed by atoms with E-state index in [-0.39, 0.29) is 0 Å². The van der Waals surface area contributed by atoms with Crippen molar-refractivity contribution in [3.63, 3.8) is 0 Å². The molecule has 0 spiro atoms. The van der Waals surface area contributed by atoms with Gasteiger partial charge in [0.25, 0.3) is 0 Å². The lowest BCUT2D eigenvalue weighted by Crippen LogP contribution is -1.92. The van der Waals surface area contributed by atoms with Crippen LogP contribution in [-0.4, -0.2) is 0 Å². The SMILES string of the molecule is c1ccc(-c2ccc(Nc3ccc4c(c3)Cc3cc(Nc5ccc(-c6ccccc6)cc5)ccc3-4)cc2)cc1. The maximum atomic E-state index is 3.59. The smallest absolute Gasteiger partial charge is 0.0387 e. The van der Waals surface area contributed by atoms with E-state index < -0.39 is 0 Å². The average Bonchev–Trinajstić information content (AvgIpc) is 3.36. The highest BCUT2D eigenvalue weighted by molar-refractivity contribution is 5.82. The Morgan fingerprint density at radius 3 is 1.10 bits per heavy atom. The molecule has 0 aromatic heterocycles. The van der Waals surface area contributed by atoms with Gasteiger partial charge < -0.3 is 10.6 Å². The molecule has 0 atom stereocenters. The highest BCUT2D eigenvalue weighted by atomic mass is 14.9. The Balaban J connectivity index is 1.05. The van der Waals surface area contributed by atoms with E-state index in [2.05, 4.69) is 144 Å². The first-order chi connectivity index (χ1) is 19.3. The molecule has 0 bridgehead atoms. The molecule has 0 radical (unpaired) electrons. The Kier molecular flexibility index (Phi) is 5.91. The molecule has 39 heavy (non-hydrogen) atoms. The van der Waals surface area contributed by atoms with E-state index in [1.54, 1.807) is 0 Å². The summed E-state index contributed by atoms with van der Waals surface area (Å²) in [6.45, 7) is 0. The van der Waals surface area contributed by atoms with Crippen LogP contribution in [0.25, 0.3) is 33.4 Å². The molecule has 0 saturated carbocycles. The van der Waals surface area contributed by atoms with Gasteiger partial charge in [0.1, 0.15) is 0 Å². The molecule has 1 aliphatic rings. The van der Waals surface area contributed by atoms with Crippen LogP contribution < -0.4 is 10.6 Å². The van der Waals surface area contributed by atoms with Gasteiger partial charge in [-0.05, 0) is 99.5 Å². The van der Waals surface area contributed by atoms with Gasteiger partial charge in [-0.1, -0.05) is 97.1 Å². The van der Waals surface area contributed by atoms with E-state index >= 15 is 0 Å². The van der Waals surface area contributed by atoms with Crippen molar-refractivity contribution in [2.45, 2.75) is 6.42 Å².